The van der Waals surface area contributed by atoms with E-state index in [4.69, 9.17) is 5.73 Å². The van der Waals surface area contributed by atoms with E-state index in [0.717, 1.165) is 18.8 Å². The smallest absolute Gasteiger partial charge is 0.234 e. The first-order chi connectivity index (χ1) is 9.28. The third-order valence-electron chi connectivity index (χ3n) is 3.33. The Labute approximate surface area is 113 Å². The number of nitrogens with two attached hydrogens (primary N) is 1. The number of aromatic nitrogens is 3. The van der Waals surface area contributed by atoms with Crippen molar-refractivity contribution in [2.75, 3.05) is 26.2 Å². The minimum absolute atomic E-state index is 0.00307. The Morgan fingerprint density at radius 1 is 1.32 bits per heavy atom. The summed E-state index contributed by atoms with van der Waals surface area (Å²) < 4.78 is 1.83. The second-order valence-corrected chi connectivity index (χ2v) is 4.86. The highest BCUT2D eigenvalue weighted by Crippen LogP contribution is 2.08. The molecule has 1 fully saturated rings. The summed E-state index contributed by atoms with van der Waals surface area (Å²) in [6.45, 7) is 4.63. The fraction of sp³-hybridized carbons (Fsp3) is 0.750. The lowest BCUT2D eigenvalue weighted by Crippen LogP contribution is -2.32. The van der Waals surface area contributed by atoms with Gasteiger partial charge in [-0.1, -0.05) is 11.6 Å². The molecule has 1 aliphatic rings. The molecular formula is C12H22N6O. The van der Waals surface area contributed by atoms with Crippen LogP contribution < -0.4 is 11.1 Å². The summed E-state index contributed by atoms with van der Waals surface area (Å²) in [7, 11) is 0. The number of likely N-dealkylation sites (tertiary alicyclic amines) is 1. The predicted octanol–water partition coefficient (Wildman–Crippen LogP) is -0.661. The molecule has 7 nitrogen and oxygen atoms in total. The zero-order valence-corrected chi connectivity index (χ0v) is 11.2. The fourth-order valence-electron chi connectivity index (χ4n) is 2.22. The Bertz CT molecular complexity index is 399. The molecule has 0 spiro atoms. The Kier molecular flexibility index (Phi) is 5.29. The van der Waals surface area contributed by atoms with E-state index in [-0.39, 0.29) is 12.5 Å². The molecule has 0 unspecified atom stereocenters. The lowest BCUT2D eigenvalue weighted by Gasteiger charge is -2.25. The first kappa shape index (κ1) is 14.0. The Morgan fingerprint density at radius 2 is 2.11 bits per heavy atom. The van der Waals surface area contributed by atoms with Crippen LogP contribution in [0, 0.1) is 0 Å². The number of hydrogen-bond donors (Lipinski definition) is 2. The van der Waals surface area contributed by atoms with Crippen LogP contribution >= 0.6 is 0 Å². The van der Waals surface area contributed by atoms with Crippen molar-refractivity contribution in [1.82, 2.24) is 25.2 Å². The van der Waals surface area contributed by atoms with E-state index in [9.17, 15) is 4.79 Å². The number of carbonyl (C=O) groups is 1. The Balaban J connectivity index is 1.72. The summed E-state index contributed by atoms with van der Waals surface area (Å²) in [6, 6.07) is 0. The number of nitrogens with one attached hydrogen (secondary N) is 1. The van der Waals surface area contributed by atoms with Crippen LogP contribution in [0.15, 0.2) is 6.20 Å². The van der Waals surface area contributed by atoms with Crippen molar-refractivity contribution < 1.29 is 4.79 Å². The molecule has 1 amide bonds. The van der Waals surface area contributed by atoms with Crippen molar-refractivity contribution in [1.29, 1.82) is 0 Å². The quantitative estimate of drug-likeness (QED) is 0.713. The summed E-state index contributed by atoms with van der Waals surface area (Å²) in [5, 5.41) is 10.8. The monoisotopic (exact) mass is 266 g/mol. The standard InChI is InChI=1S/C12H22N6O/c13-8-12(19)14-9-11-10-18(16-15-11)7-6-17-4-2-1-3-5-17/h10H,1-9,13H2,(H,14,19). The molecule has 0 saturated carbocycles. The zero-order chi connectivity index (χ0) is 13.5. The topological polar surface area (TPSA) is 89.1 Å². The van der Waals surface area contributed by atoms with E-state index < -0.39 is 0 Å². The summed E-state index contributed by atoms with van der Waals surface area (Å²) >= 11 is 0. The number of piperidine rings is 1. The van der Waals surface area contributed by atoms with E-state index in [2.05, 4.69) is 20.5 Å². The highest BCUT2D eigenvalue weighted by Gasteiger charge is 2.10. The number of rotatable bonds is 6. The van der Waals surface area contributed by atoms with Crippen LogP contribution in [0.5, 0.6) is 0 Å². The van der Waals surface area contributed by atoms with Gasteiger partial charge in [0.2, 0.25) is 5.91 Å². The molecule has 3 N–H and O–H groups in total. The van der Waals surface area contributed by atoms with Gasteiger partial charge in [-0.3, -0.25) is 9.48 Å². The lowest BCUT2D eigenvalue weighted by atomic mass is 10.1. The molecule has 0 atom stereocenters. The van der Waals surface area contributed by atoms with Crippen LogP contribution in [0.3, 0.4) is 0 Å². The maximum atomic E-state index is 11.0. The molecule has 2 rings (SSSR count). The van der Waals surface area contributed by atoms with Crippen molar-refractivity contribution in [3.63, 3.8) is 0 Å². The average molecular weight is 266 g/mol. The molecule has 1 aromatic rings. The van der Waals surface area contributed by atoms with Crippen molar-refractivity contribution >= 4 is 5.91 Å². The maximum Gasteiger partial charge on any atom is 0.234 e. The van der Waals surface area contributed by atoms with Gasteiger partial charge in [-0.05, 0) is 25.9 Å². The molecule has 0 radical (unpaired) electrons. The van der Waals surface area contributed by atoms with Gasteiger partial charge in [0.25, 0.3) is 0 Å². The number of carbonyl (C=O) groups excluding carboxylic acids is 1. The summed E-state index contributed by atoms with van der Waals surface area (Å²) in [6.07, 6.45) is 5.83. The van der Waals surface area contributed by atoms with Gasteiger partial charge < -0.3 is 16.0 Å². The molecule has 1 aliphatic heterocycles. The van der Waals surface area contributed by atoms with Gasteiger partial charge in [-0.2, -0.15) is 0 Å². The first-order valence-electron chi connectivity index (χ1n) is 6.86. The molecule has 1 aromatic heterocycles. The van der Waals surface area contributed by atoms with E-state index in [1.165, 1.54) is 32.4 Å². The maximum absolute atomic E-state index is 11.0. The van der Waals surface area contributed by atoms with Crippen LogP contribution in [-0.4, -0.2) is 52.0 Å². The molecule has 2 heterocycles. The van der Waals surface area contributed by atoms with Crippen LogP contribution in [0.2, 0.25) is 0 Å². The van der Waals surface area contributed by atoms with Crippen LogP contribution in [0.4, 0.5) is 0 Å². The molecule has 19 heavy (non-hydrogen) atoms. The Hall–Kier alpha value is -1.47. The molecule has 7 heteroatoms. The van der Waals surface area contributed by atoms with Crippen molar-refractivity contribution in [3.8, 4) is 0 Å². The van der Waals surface area contributed by atoms with Crippen LogP contribution in [-0.2, 0) is 17.9 Å². The van der Waals surface area contributed by atoms with Crippen molar-refractivity contribution in [2.24, 2.45) is 5.73 Å². The zero-order valence-electron chi connectivity index (χ0n) is 11.2. The van der Waals surface area contributed by atoms with Crippen molar-refractivity contribution in [3.05, 3.63) is 11.9 Å². The van der Waals surface area contributed by atoms with E-state index >= 15 is 0 Å². The third-order valence-corrected chi connectivity index (χ3v) is 3.33. The predicted molar refractivity (Wildman–Crippen MR) is 71.2 cm³/mol. The molecular weight excluding hydrogens is 244 g/mol. The van der Waals surface area contributed by atoms with E-state index in [0.29, 0.717) is 6.54 Å². The van der Waals surface area contributed by atoms with E-state index in [1.807, 2.05) is 10.9 Å². The SMILES string of the molecule is NCC(=O)NCc1cn(CCN2CCCCC2)nn1. The normalized spacial score (nSPS) is 16.5. The first-order valence-corrected chi connectivity index (χ1v) is 6.86. The highest BCUT2D eigenvalue weighted by atomic mass is 16.1. The minimum Gasteiger partial charge on any atom is -0.349 e. The largest absolute Gasteiger partial charge is 0.349 e. The van der Waals surface area contributed by atoms with E-state index in [1.54, 1.807) is 0 Å². The highest BCUT2D eigenvalue weighted by molar-refractivity contribution is 5.77. The molecule has 1 saturated heterocycles. The number of hydrogen-bond acceptors (Lipinski definition) is 5. The van der Waals surface area contributed by atoms with Gasteiger partial charge >= 0.3 is 0 Å². The van der Waals surface area contributed by atoms with Gasteiger partial charge in [0.05, 0.1) is 25.8 Å². The van der Waals surface area contributed by atoms with Gasteiger partial charge in [0, 0.05) is 6.54 Å². The number of amides is 1. The van der Waals surface area contributed by atoms with Gasteiger partial charge in [0.15, 0.2) is 0 Å². The summed E-state index contributed by atoms with van der Waals surface area (Å²) in [5.74, 6) is -0.178. The Morgan fingerprint density at radius 3 is 2.84 bits per heavy atom. The molecule has 0 aliphatic carbocycles. The second kappa shape index (κ2) is 7.20. The minimum atomic E-state index is -0.178. The van der Waals surface area contributed by atoms with Crippen LogP contribution in [0.1, 0.15) is 25.0 Å². The van der Waals surface area contributed by atoms with Gasteiger partial charge in [-0.25, -0.2) is 0 Å². The average Bonchev–Trinajstić information content (AvgIpc) is 2.91. The summed E-state index contributed by atoms with van der Waals surface area (Å²) in [4.78, 5) is 13.5. The molecule has 106 valence electrons. The van der Waals surface area contributed by atoms with Crippen molar-refractivity contribution in [2.45, 2.75) is 32.4 Å². The van der Waals surface area contributed by atoms with Gasteiger partial charge in [0.1, 0.15) is 5.69 Å². The second-order valence-electron chi connectivity index (χ2n) is 4.86. The fourth-order valence-corrected chi connectivity index (χ4v) is 2.22. The third kappa shape index (κ3) is 4.60. The van der Waals surface area contributed by atoms with Gasteiger partial charge in [-0.15, -0.1) is 5.10 Å². The molecule has 0 aromatic carbocycles. The number of nitrogens with zero attached hydrogens (tertiary/aromatic N) is 4. The lowest BCUT2D eigenvalue weighted by molar-refractivity contribution is -0.119. The molecule has 0 bridgehead atoms. The summed E-state index contributed by atoms with van der Waals surface area (Å²) in [5.41, 5.74) is 5.98. The van der Waals surface area contributed by atoms with Crippen LogP contribution in [0.25, 0.3) is 0 Å².